The molecule has 4 rings (SSSR count). The van der Waals surface area contributed by atoms with Crippen molar-refractivity contribution in [2.24, 2.45) is 0 Å². The number of benzene rings is 1. The number of rotatable bonds is 3. The smallest absolute Gasteiger partial charge is 0.254 e. The summed E-state index contributed by atoms with van der Waals surface area (Å²) in [6.45, 7) is 4.74. The molecule has 7 nitrogen and oxygen atoms in total. The van der Waals surface area contributed by atoms with E-state index in [-0.39, 0.29) is 23.8 Å². The van der Waals surface area contributed by atoms with E-state index in [4.69, 9.17) is 4.42 Å². The van der Waals surface area contributed by atoms with Gasteiger partial charge in [-0.1, -0.05) is 12.1 Å². The summed E-state index contributed by atoms with van der Waals surface area (Å²) in [4.78, 5) is 38.3. The molecule has 0 saturated carbocycles. The monoisotopic (exact) mass is 366 g/mol. The number of aryl methyl sites for hydroxylation is 2. The molecule has 1 aliphatic heterocycles. The third-order valence-corrected chi connectivity index (χ3v) is 5.10. The molecule has 0 unspecified atom stereocenters. The number of fused-ring (bicyclic) bond motifs is 1. The van der Waals surface area contributed by atoms with Crippen LogP contribution in [-0.4, -0.2) is 38.8 Å². The lowest BCUT2D eigenvalue weighted by atomic mass is 9.97. The van der Waals surface area contributed by atoms with E-state index in [0.29, 0.717) is 36.1 Å². The van der Waals surface area contributed by atoms with Gasteiger partial charge < -0.3 is 14.3 Å². The van der Waals surface area contributed by atoms with Crippen molar-refractivity contribution >= 4 is 17.0 Å². The average Bonchev–Trinajstić information content (AvgIpc) is 3.09. The third-order valence-electron chi connectivity index (χ3n) is 5.10. The Kier molecular flexibility index (Phi) is 4.51. The SMILES string of the molecule is Cc1nc(C)c(CC(=O)N2CCC[C@@H](c3nc4ccccc4o3)C2)c(=O)[nH]1. The molecule has 0 spiro atoms. The molecule has 1 atom stereocenters. The Labute approximate surface area is 156 Å². The fourth-order valence-corrected chi connectivity index (χ4v) is 3.69. The zero-order valence-electron chi connectivity index (χ0n) is 15.5. The van der Waals surface area contributed by atoms with Gasteiger partial charge in [0, 0.05) is 24.3 Å². The van der Waals surface area contributed by atoms with Gasteiger partial charge >= 0.3 is 0 Å². The summed E-state index contributed by atoms with van der Waals surface area (Å²) in [5, 5.41) is 0. The lowest BCUT2D eigenvalue weighted by Crippen LogP contribution is -2.41. The molecule has 1 aromatic carbocycles. The fourth-order valence-electron chi connectivity index (χ4n) is 3.69. The quantitative estimate of drug-likeness (QED) is 0.769. The van der Waals surface area contributed by atoms with E-state index in [2.05, 4.69) is 15.0 Å². The van der Waals surface area contributed by atoms with Gasteiger partial charge in [-0.3, -0.25) is 9.59 Å². The molecule has 3 heterocycles. The number of nitrogens with zero attached hydrogens (tertiary/aromatic N) is 3. The first-order valence-corrected chi connectivity index (χ1v) is 9.21. The van der Waals surface area contributed by atoms with Crippen molar-refractivity contribution in [1.29, 1.82) is 0 Å². The second-order valence-electron chi connectivity index (χ2n) is 7.09. The Morgan fingerprint density at radius 2 is 2.11 bits per heavy atom. The van der Waals surface area contributed by atoms with Gasteiger partial charge in [0.1, 0.15) is 11.3 Å². The molecule has 27 heavy (non-hydrogen) atoms. The number of nitrogens with one attached hydrogen (secondary N) is 1. The Hall–Kier alpha value is -2.96. The minimum atomic E-state index is -0.235. The van der Waals surface area contributed by atoms with Crippen LogP contribution in [0.4, 0.5) is 0 Å². The summed E-state index contributed by atoms with van der Waals surface area (Å²) in [5.74, 6) is 1.25. The van der Waals surface area contributed by atoms with Gasteiger partial charge in [0.15, 0.2) is 11.5 Å². The van der Waals surface area contributed by atoms with Gasteiger partial charge in [-0.05, 0) is 38.8 Å². The molecule has 140 valence electrons. The average molecular weight is 366 g/mol. The summed E-state index contributed by atoms with van der Waals surface area (Å²) >= 11 is 0. The highest BCUT2D eigenvalue weighted by Crippen LogP contribution is 2.29. The summed E-state index contributed by atoms with van der Waals surface area (Å²) in [7, 11) is 0. The molecule has 0 aliphatic carbocycles. The highest BCUT2D eigenvalue weighted by molar-refractivity contribution is 5.79. The number of hydrogen-bond acceptors (Lipinski definition) is 5. The van der Waals surface area contributed by atoms with E-state index < -0.39 is 0 Å². The van der Waals surface area contributed by atoms with Crippen molar-refractivity contribution < 1.29 is 9.21 Å². The standard InChI is InChI=1S/C20H22N4O3/c1-12-15(19(26)22-13(2)21-12)10-18(25)24-9-5-6-14(11-24)20-23-16-7-3-4-8-17(16)27-20/h3-4,7-8,14H,5-6,9-11H2,1-2H3,(H,21,22,26)/t14-/m1/s1. The van der Waals surface area contributed by atoms with Crippen molar-refractivity contribution in [3.05, 3.63) is 57.6 Å². The van der Waals surface area contributed by atoms with Gasteiger partial charge in [0.2, 0.25) is 5.91 Å². The number of amides is 1. The summed E-state index contributed by atoms with van der Waals surface area (Å²) in [6, 6.07) is 7.68. The van der Waals surface area contributed by atoms with Gasteiger partial charge in [-0.15, -0.1) is 0 Å². The molecule has 2 aromatic heterocycles. The molecule has 1 saturated heterocycles. The first-order chi connectivity index (χ1) is 13.0. The van der Waals surface area contributed by atoms with Gasteiger partial charge in [0.05, 0.1) is 12.3 Å². The molecule has 0 radical (unpaired) electrons. The maximum Gasteiger partial charge on any atom is 0.254 e. The number of para-hydroxylation sites is 2. The Bertz CT molecular complexity index is 1020. The van der Waals surface area contributed by atoms with Crippen LogP contribution < -0.4 is 5.56 Å². The van der Waals surface area contributed by atoms with Gasteiger partial charge in [-0.25, -0.2) is 9.97 Å². The zero-order chi connectivity index (χ0) is 19.0. The number of oxazole rings is 1. The Morgan fingerprint density at radius 1 is 1.30 bits per heavy atom. The van der Waals surface area contributed by atoms with Crippen LogP contribution >= 0.6 is 0 Å². The zero-order valence-corrected chi connectivity index (χ0v) is 15.5. The summed E-state index contributed by atoms with van der Waals surface area (Å²) in [5.41, 5.74) is 2.42. The van der Waals surface area contributed by atoms with Crippen LogP contribution in [0.5, 0.6) is 0 Å². The number of aromatic nitrogens is 3. The molecular formula is C20H22N4O3. The maximum atomic E-state index is 12.8. The number of carbonyl (C=O) groups is 1. The second-order valence-corrected chi connectivity index (χ2v) is 7.09. The summed E-state index contributed by atoms with van der Waals surface area (Å²) in [6.07, 6.45) is 1.88. The van der Waals surface area contributed by atoms with E-state index in [1.165, 1.54) is 0 Å². The number of piperidine rings is 1. The minimum Gasteiger partial charge on any atom is -0.440 e. The number of aromatic amines is 1. The van der Waals surface area contributed by atoms with Crippen LogP contribution in [0.15, 0.2) is 33.5 Å². The van der Waals surface area contributed by atoms with E-state index >= 15 is 0 Å². The van der Waals surface area contributed by atoms with Crippen LogP contribution in [0.1, 0.15) is 41.7 Å². The van der Waals surface area contributed by atoms with Crippen molar-refractivity contribution in [1.82, 2.24) is 19.9 Å². The first-order valence-electron chi connectivity index (χ1n) is 9.21. The molecule has 7 heteroatoms. The fraction of sp³-hybridized carbons (Fsp3) is 0.400. The largest absolute Gasteiger partial charge is 0.440 e. The van der Waals surface area contributed by atoms with E-state index in [1.54, 1.807) is 13.8 Å². The Balaban J connectivity index is 1.51. The highest BCUT2D eigenvalue weighted by Gasteiger charge is 2.28. The van der Waals surface area contributed by atoms with Crippen molar-refractivity contribution in [2.75, 3.05) is 13.1 Å². The predicted molar refractivity (Wildman–Crippen MR) is 101 cm³/mol. The van der Waals surface area contributed by atoms with Gasteiger partial charge in [-0.2, -0.15) is 0 Å². The first kappa shape index (κ1) is 17.5. The van der Waals surface area contributed by atoms with Crippen LogP contribution in [0, 0.1) is 13.8 Å². The third kappa shape index (κ3) is 3.49. The van der Waals surface area contributed by atoms with E-state index in [9.17, 15) is 9.59 Å². The van der Waals surface area contributed by atoms with Crippen LogP contribution in [-0.2, 0) is 11.2 Å². The summed E-state index contributed by atoms with van der Waals surface area (Å²) < 4.78 is 5.89. The number of carbonyl (C=O) groups excluding carboxylic acids is 1. The topological polar surface area (TPSA) is 92.1 Å². The van der Waals surface area contributed by atoms with E-state index in [1.807, 2.05) is 29.2 Å². The van der Waals surface area contributed by atoms with Crippen molar-refractivity contribution in [3.8, 4) is 0 Å². The van der Waals surface area contributed by atoms with Crippen molar-refractivity contribution in [3.63, 3.8) is 0 Å². The number of likely N-dealkylation sites (tertiary alicyclic amines) is 1. The molecule has 1 aliphatic rings. The predicted octanol–water partition coefficient (Wildman–Crippen LogP) is 2.48. The van der Waals surface area contributed by atoms with Crippen LogP contribution in [0.2, 0.25) is 0 Å². The van der Waals surface area contributed by atoms with Crippen LogP contribution in [0.25, 0.3) is 11.1 Å². The lowest BCUT2D eigenvalue weighted by Gasteiger charge is -2.31. The molecule has 1 amide bonds. The normalized spacial score (nSPS) is 17.4. The molecule has 0 bridgehead atoms. The van der Waals surface area contributed by atoms with E-state index in [0.717, 1.165) is 23.9 Å². The molecule has 3 aromatic rings. The van der Waals surface area contributed by atoms with Crippen molar-refractivity contribution in [2.45, 2.75) is 39.0 Å². The van der Waals surface area contributed by atoms with Crippen LogP contribution in [0.3, 0.4) is 0 Å². The molecule has 1 fully saturated rings. The molecule has 1 N–H and O–H groups in total. The van der Waals surface area contributed by atoms with Gasteiger partial charge in [0.25, 0.3) is 5.56 Å². The maximum absolute atomic E-state index is 12.8. The lowest BCUT2D eigenvalue weighted by molar-refractivity contribution is -0.131. The minimum absolute atomic E-state index is 0.0601. The highest BCUT2D eigenvalue weighted by atomic mass is 16.3. The number of H-pyrrole nitrogens is 1. The Morgan fingerprint density at radius 3 is 2.89 bits per heavy atom. The number of hydrogen-bond donors (Lipinski definition) is 1. The molecular weight excluding hydrogens is 344 g/mol. The second kappa shape index (κ2) is 6.98.